The van der Waals surface area contributed by atoms with Gasteiger partial charge < -0.3 is 10.6 Å². The molecular formula is C14H18F2N2S. The summed E-state index contributed by atoms with van der Waals surface area (Å²) < 4.78 is 26.0. The van der Waals surface area contributed by atoms with Crippen LogP contribution in [0, 0.1) is 17.6 Å². The molecule has 2 nitrogen and oxygen atoms in total. The van der Waals surface area contributed by atoms with Crippen molar-refractivity contribution in [2.24, 2.45) is 5.92 Å². The highest BCUT2D eigenvalue weighted by Gasteiger charge is 2.13. The van der Waals surface area contributed by atoms with E-state index in [1.54, 1.807) is 0 Å². The fourth-order valence-corrected chi connectivity index (χ4v) is 2.63. The van der Waals surface area contributed by atoms with Crippen molar-refractivity contribution in [3.05, 3.63) is 29.8 Å². The summed E-state index contributed by atoms with van der Waals surface area (Å²) in [6.07, 6.45) is 6.33. The van der Waals surface area contributed by atoms with Crippen LogP contribution in [0.15, 0.2) is 18.2 Å². The van der Waals surface area contributed by atoms with E-state index in [1.807, 2.05) is 0 Å². The van der Waals surface area contributed by atoms with Gasteiger partial charge in [-0.15, -0.1) is 0 Å². The molecular weight excluding hydrogens is 266 g/mol. The smallest absolute Gasteiger partial charge is 0.170 e. The fourth-order valence-electron chi connectivity index (χ4n) is 2.43. The third-order valence-corrected chi connectivity index (χ3v) is 3.64. The van der Waals surface area contributed by atoms with E-state index in [4.69, 9.17) is 12.2 Å². The van der Waals surface area contributed by atoms with E-state index in [0.717, 1.165) is 12.6 Å². The number of hydrogen-bond donors (Lipinski definition) is 2. The quantitative estimate of drug-likeness (QED) is 0.825. The molecule has 0 heterocycles. The topological polar surface area (TPSA) is 24.1 Å². The van der Waals surface area contributed by atoms with Crippen molar-refractivity contribution in [1.82, 2.24) is 5.32 Å². The molecule has 1 aromatic rings. The van der Waals surface area contributed by atoms with Gasteiger partial charge in [0.25, 0.3) is 0 Å². The van der Waals surface area contributed by atoms with Crippen LogP contribution in [0.3, 0.4) is 0 Å². The Morgan fingerprint density at radius 3 is 2.37 bits per heavy atom. The highest BCUT2D eigenvalue weighted by molar-refractivity contribution is 7.80. The molecule has 5 heteroatoms. The first kappa shape index (κ1) is 14.2. The van der Waals surface area contributed by atoms with Gasteiger partial charge in [-0.2, -0.15) is 0 Å². The molecule has 1 fully saturated rings. The molecule has 0 spiro atoms. The van der Waals surface area contributed by atoms with Crippen molar-refractivity contribution < 1.29 is 8.78 Å². The Kier molecular flexibility index (Phi) is 5.07. The van der Waals surface area contributed by atoms with E-state index < -0.39 is 11.6 Å². The first-order valence-corrected chi connectivity index (χ1v) is 7.05. The first-order valence-electron chi connectivity index (χ1n) is 6.64. The van der Waals surface area contributed by atoms with Gasteiger partial charge in [0.1, 0.15) is 11.6 Å². The lowest BCUT2D eigenvalue weighted by Gasteiger charge is -2.22. The number of hydrogen-bond acceptors (Lipinski definition) is 1. The standard InChI is InChI=1S/C14H18F2N2S/c15-11-6-12(16)8-13(7-11)18-14(19)17-9-10-4-2-1-3-5-10/h6-8,10H,1-5,9H2,(H2,17,18,19). The summed E-state index contributed by atoms with van der Waals surface area (Å²) in [5.41, 5.74) is 0.332. The number of thiocarbonyl (C=S) groups is 1. The average molecular weight is 284 g/mol. The van der Waals surface area contributed by atoms with Gasteiger partial charge in [0, 0.05) is 18.3 Å². The summed E-state index contributed by atoms with van der Waals surface area (Å²) in [7, 11) is 0. The predicted molar refractivity (Wildman–Crippen MR) is 77.2 cm³/mol. The molecule has 0 atom stereocenters. The highest BCUT2D eigenvalue weighted by atomic mass is 32.1. The predicted octanol–water partition coefficient (Wildman–Crippen LogP) is 3.83. The number of nitrogens with one attached hydrogen (secondary N) is 2. The second-order valence-electron chi connectivity index (χ2n) is 5.00. The minimum absolute atomic E-state index is 0.332. The summed E-state index contributed by atoms with van der Waals surface area (Å²) in [5.74, 6) is -0.576. The summed E-state index contributed by atoms with van der Waals surface area (Å²) in [5, 5.41) is 6.33. The van der Waals surface area contributed by atoms with E-state index in [-0.39, 0.29) is 0 Å². The van der Waals surface area contributed by atoms with Crippen molar-refractivity contribution in [1.29, 1.82) is 0 Å². The summed E-state index contributed by atoms with van der Waals surface area (Å²) in [6, 6.07) is 3.28. The number of anilines is 1. The second-order valence-corrected chi connectivity index (χ2v) is 5.41. The normalized spacial score (nSPS) is 16.1. The van der Waals surface area contributed by atoms with Crippen LogP contribution in [0.2, 0.25) is 0 Å². The Balaban J connectivity index is 1.80. The highest BCUT2D eigenvalue weighted by Crippen LogP contribution is 2.22. The molecule has 0 aliphatic heterocycles. The van der Waals surface area contributed by atoms with Gasteiger partial charge >= 0.3 is 0 Å². The Hall–Kier alpha value is -1.23. The lowest BCUT2D eigenvalue weighted by Crippen LogP contribution is -2.33. The zero-order chi connectivity index (χ0) is 13.7. The molecule has 1 saturated carbocycles. The molecule has 1 aliphatic carbocycles. The van der Waals surface area contributed by atoms with Crippen molar-refractivity contribution in [2.75, 3.05) is 11.9 Å². The molecule has 1 aliphatic rings. The monoisotopic (exact) mass is 284 g/mol. The minimum Gasteiger partial charge on any atom is -0.362 e. The van der Waals surface area contributed by atoms with Crippen LogP contribution in [-0.2, 0) is 0 Å². The van der Waals surface area contributed by atoms with Gasteiger partial charge in [0.05, 0.1) is 0 Å². The zero-order valence-corrected chi connectivity index (χ0v) is 11.5. The Morgan fingerprint density at radius 1 is 1.11 bits per heavy atom. The fraction of sp³-hybridized carbons (Fsp3) is 0.500. The summed E-state index contributed by atoms with van der Waals surface area (Å²) >= 11 is 5.12. The van der Waals surface area contributed by atoms with Crippen LogP contribution in [-0.4, -0.2) is 11.7 Å². The average Bonchev–Trinajstić information content (AvgIpc) is 2.36. The van der Waals surface area contributed by atoms with E-state index in [9.17, 15) is 8.78 Å². The van der Waals surface area contributed by atoms with Gasteiger partial charge in [-0.05, 0) is 43.1 Å². The van der Waals surface area contributed by atoms with E-state index >= 15 is 0 Å². The van der Waals surface area contributed by atoms with Crippen LogP contribution in [0.1, 0.15) is 32.1 Å². The van der Waals surface area contributed by atoms with Crippen LogP contribution in [0.4, 0.5) is 14.5 Å². The molecule has 1 aromatic carbocycles. The van der Waals surface area contributed by atoms with Crippen molar-refractivity contribution in [3.63, 3.8) is 0 Å². The molecule has 0 unspecified atom stereocenters. The molecule has 104 valence electrons. The van der Waals surface area contributed by atoms with Gasteiger partial charge in [-0.1, -0.05) is 19.3 Å². The largest absolute Gasteiger partial charge is 0.362 e. The van der Waals surface area contributed by atoms with Gasteiger partial charge in [-0.3, -0.25) is 0 Å². The molecule has 0 saturated heterocycles. The molecule has 0 bridgehead atoms. The molecule has 2 rings (SSSR count). The van der Waals surface area contributed by atoms with E-state index in [2.05, 4.69) is 10.6 Å². The molecule has 0 aromatic heterocycles. The Labute approximate surface area is 117 Å². The van der Waals surface area contributed by atoms with E-state index in [1.165, 1.54) is 44.2 Å². The van der Waals surface area contributed by atoms with Crippen molar-refractivity contribution >= 4 is 23.0 Å². The third-order valence-electron chi connectivity index (χ3n) is 3.40. The van der Waals surface area contributed by atoms with Crippen molar-refractivity contribution in [2.45, 2.75) is 32.1 Å². The number of halogens is 2. The Bertz CT molecular complexity index is 425. The lowest BCUT2D eigenvalue weighted by atomic mass is 9.89. The zero-order valence-electron chi connectivity index (χ0n) is 10.7. The minimum atomic E-state index is -0.613. The summed E-state index contributed by atoms with van der Waals surface area (Å²) in [6.45, 7) is 0.823. The maximum absolute atomic E-state index is 13.0. The molecule has 0 radical (unpaired) electrons. The third kappa shape index (κ3) is 4.74. The molecule has 19 heavy (non-hydrogen) atoms. The summed E-state index contributed by atoms with van der Waals surface area (Å²) in [4.78, 5) is 0. The van der Waals surface area contributed by atoms with Crippen molar-refractivity contribution in [3.8, 4) is 0 Å². The number of benzene rings is 1. The number of rotatable bonds is 3. The second kappa shape index (κ2) is 6.80. The maximum atomic E-state index is 13.0. The van der Waals surface area contributed by atoms with Gasteiger partial charge in [-0.25, -0.2) is 8.78 Å². The lowest BCUT2D eigenvalue weighted by molar-refractivity contribution is 0.357. The molecule has 0 amide bonds. The maximum Gasteiger partial charge on any atom is 0.170 e. The Morgan fingerprint density at radius 2 is 1.74 bits per heavy atom. The van der Waals surface area contributed by atoms with Gasteiger partial charge in [0.2, 0.25) is 0 Å². The van der Waals surface area contributed by atoms with Crippen LogP contribution >= 0.6 is 12.2 Å². The SMILES string of the molecule is Fc1cc(F)cc(NC(=S)NCC2CCCCC2)c1. The van der Waals surface area contributed by atoms with Crippen LogP contribution in [0.25, 0.3) is 0 Å². The first-order chi connectivity index (χ1) is 9.13. The van der Waals surface area contributed by atoms with Crippen LogP contribution in [0.5, 0.6) is 0 Å². The van der Waals surface area contributed by atoms with Crippen LogP contribution < -0.4 is 10.6 Å². The molecule has 2 N–H and O–H groups in total. The van der Waals surface area contributed by atoms with Gasteiger partial charge in [0.15, 0.2) is 5.11 Å². The van der Waals surface area contributed by atoms with E-state index in [0.29, 0.717) is 16.7 Å².